The standard InChI is InChI=1S/C31H43Cl2N7O2/c1-20-27(28-23-16-34-40(26-6-4-5-13-42-26)25(23)14-24(32)29(28)33)30(36-35-20)39-8-7-21(15-31(39,2)3)17-37-9-11-38(12-10-37)22-18-41-19-22/h14,16,21-22,26H,4-13,15,17-19H2,1-3H3,(H,35,36). The van der Waals surface area contributed by atoms with E-state index in [1.807, 2.05) is 16.9 Å². The molecule has 6 heterocycles. The number of hydrogen-bond donors (Lipinski definition) is 1. The molecule has 0 amide bonds. The normalized spacial score (nSPS) is 26.2. The van der Waals surface area contributed by atoms with Gasteiger partial charge in [0.15, 0.2) is 12.0 Å². The Labute approximate surface area is 258 Å². The fourth-order valence-corrected chi connectivity index (χ4v) is 8.07. The van der Waals surface area contributed by atoms with Crippen molar-refractivity contribution in [2.75, 3.05) is 64.0 Å². The van der Waals surface area contributed by atoms with E-state index in [9.17, 15) is 0 Å². The number of fused-ring (bicyclic) bond motifs is 1. The second kappa shape index (κ2) is 11.6. The average Bonchev–Trinajstić information content (AvgIpc) is 3.53. The number of anilines is 1. The molecule has 2 aromatic heterocycles. The molecule has 4 aliphatic rings. The number of nitrogens with one attached hydrogen (secondary N) is 1. The van der Waals surface area contributed by atoms with Crippen LogP contribution in [0.5, 0.6) is 0 Å². The summed E-state index contributed by atoms with van der Waals surface area (Å²) in [7, 11) is 0. The fourth-order valence-electron chi connectivity index (χ4n) is 7.62. The first kappa shape index (κ1) is 28.9. The van der Waals surface area contributed by atoms with Gasteiger partial charge in [0.25, 0.3) is 0 Å². The molecule has 0 bridgehead atoms. The van der Waals surface area contributed by atoms with Gasteiger partial charge in [0.1, 0.15) is 0 Å². The Kier molecular flexibility index (Phi) is 7.95. The van der Waals surface area contributed by atoms with Crippen LogP contribution in [-0.4, -0.2) is 100 Å². The summed E-state index contributed by atoms with van der Waals surface area (Å²) in [5.74, 6) is 1.60. The van der Waals surface area contributed by atoms with Gasteiger partial charge in [-0.05, 0) is 64.9 Å². The molecule has 0 radical (unpaired) electrons. The number of H-pyrrole nitrogens is 1. The zero-order chi connectivity index (χ0) is 29.0. The SMILES string of the molecule is Cc1[nH]nc(N2CCC(CN3CCN(C4COC4)CC3)CC2(C)C)c1-c1c(Cl)c(Cl)cc2c1cnn2C1CCCCO1. The quantitative estimate of drug-likeness (QED) is 0.378. The highest BCUT2D eigenvalue weighted by molar-refractivity contribution is 6.45. The molecular weight excluding hydrogens is 573 g/mol. The van der Waals surface area contributed by atoms with E-state index in [4.69, 9.17) is 42.9 Å². The second-order valence-corrected chi connectivity index (χ2v) is 14.1. The molecule has 11 heteroatoms. The van der Waals surface area contributed by atoms with Crippen LogP contribution in [0.2, 0.25) is 10.0 Å². The number of hydrogen-bond acceptors (Lipinski definition) is 7. The summed E-state index contributed by atoms with van der Waals surface area (Å²) in [6.45, 7) is 16.1. The Balaban J connectivity index is 1.13. The molecule has 0 spiro atoms. The molecule has 228 valence electrons. The smallest absolute Gasteiger partial charge is 0.159 e. The van der Waals surface area contributed by atoms with Crippen LogP contribution in [0.3, 0.4) is 0 Å². The van der Waals surface area contributed by atoms with Gasteiger partial charge in [0.05, 0.1) is 41.0 Å². The molecule has 1 aromatic carbocycles. The number of ether oxygens (including phenoxy) is 2. The van der Waals surface area contributed by atoms with E-state index in [1.165, 1.54) is 6.54 Å². The molecule has 42 heavy (non-hydrogen) atoms. The molecule has 9 nitrogen and oxygen atoms in total. The summed E-state index contributed by atoms with van der Waals surface area (Å²) in [5, 5.41) is 15.0. The second-order valence-electron chi connectivity index (χ2n) is 13.3. The predicted molar refractivity (Wildman–Crippen MR) is 168 cm³/mol. The number of halogens is 2. The third-order valence-electron chi connectivity index (χ3n) is 10.00. The van der Waals surface area contributed by atoms with Crippen molar-refractivity contribution < 1.29 is 9.47 Å². The van der Waals surface area contributed by atoms with Gasteiger partial charge in [0.2, 0.25) is 0 Å². The van der Waals surface area contributed by atoms with Gasteiger partial charge >= 0.3 is 0 Å². The molecule has 4 fully saturated rings. The topological polar surface area (TPSA) is 74.7 Å². The van der Waals surface area contributed by atoms with Gasteiger partial charge in [-0.3, -0.25) is 10.00 Å². The summed E-state index contributed by atoms with van der Waals surface area (Å²) in [6, 6.07) is 2.57. The zero-order valence-electron chi connectivity index (χ0n) is 25.0. The number of benzene rings is 1. The Bertz CT molecular complexity index is 1420. The molecule has 2 unspecified atom stereocenters. The molecule has 3 aromatic rings. The van der Waals surface area contributed by atoms with Crippen molar-refractivity contribution in [1.29, 1.82) is 0 Å². The molecule has 2 atom stereocenters. The maximum Gasteiger partial charge on any atom is 0.159 e. The number of rotatable bonds is 6. The highest BCUT2D eigenvalue weighted by atomic mass is 35.5. The van der Waals surface area contributed by atoms with Crippen LogP contribution < -0.4 is 4.90 Å². The van der Waals surface area contributed by atoms with E-state index in [-0.39, 0.29) is 11.8 Å². The third-order valence-corrected chi connectivity index (χ3v) is 10.8. The lowest BCUT2D eigenvalue weighted by Crippen LogP contribution is -2.58. The lowest BCUT2D eigenvalue weighted by atomic mass is 9.81. The molecular formula is C31H43Cl2N7O2. The summed E-state index contributed by atoms with van der Waals surface area (Å²) >= 11 is 13.8. The summed E-state index contributed by atoms with van der Waals surface area (Å²) in [6.07, 6.45) is 7.24. The van der Waals surface area contributed by atoms with Crippen molar-refractivity contribution in [2.24, 2.45) is 5.92 Å². The average molecular weight is 617 g/mol. The van der Waals surface area contributed by atoms with Gasteiger partial charge < -0.3 is 19.3 Å². The largest absolute Gasteiger partial charge is 0.378 e. The highest BCUT2D eigenvalue weighted by Gasteiger charge is 2.39. The molecule has 7 rings (SSSR count). The number of piperazine rings is 1. The van der Waals surface area contributed by atoms with Crippen molar-refractivity contribution in [1.82, 2.24) is 29.8 Å². The lowest BCUT2D eigenvalue weighted by Gasteiger charge is -2.48. The summed E-state index contributed by atoms with van der Waals surface area (Å²) < 4.78 is 13.5. The van der Waals surface area contributed by atoms with E-state index >= 15 is 0 Å². The van der Waals surface area contributed by atoms with E-state index in [0.29, 0.717) is 22.0 Å². The Morgan fingerprint density at radius 3 is 2.55 bits per heavy atom. The summed E-state index contributed by atoms with van der Waals surface area (Å²) in [5.41, 5.74) is 3.77. The molecule has 1 N–H and O–H groups in total. The van der Waals surface area contributed by atoms with Gasteiger partial charge in [-0.2, -0.15) is 10.2 Å². The van der Waals surface area contributed by atoms with E-state index in [2.05, 4.69) is 40.6 Å². The van der Waals surface area contributed by atoms with Crippen LogP contribution in [0.25, 0.3) is 22.0 Å². The molecule has 0 saturated carbocycles. The van der Waals surface area contributed by atoms with Crippen molar-refractivity contribution >= 4 is 39.9 Å². The van der Waals surface area contributed by atoms with Crippen LogP contribution in [0.15, 0.2) is 12.3 Å². The number of aromatic nitrogens is 4. The van der Waals surface area contributed by atoms with Crippen molar-refractivity contribution in [2.45, 2.75) is 70.7 Å². The van der Waals surface area contributed by atoms with E-state index < -0.39 is 0 Å². The number of piperidine rings is 1. The lowest BCUT2D eigenvalue weighted by molar-refractivity contribution is -0.0779. The van der Waals surface area contributed by atoms with Gasteiger partial charge in [0, 0.05) is 73.6 Å². The fraction of sp³-hybridized carbons (Fsp3) is 0.677. The van der Waals surface area contributed by atoms with Crippen molar-refractivity contribution in [3.63, 3.8) is 0 Å². The first-order valence-electron chi connectivity index (χ1n) is 15.6. The minimum atomic E-state index is -0.0839. The Hall–Kier alpha value is -1.88. The number of aromatic amines is 1. The van der Waals surface area contributed by atoms with Gasteiger partial charge in [-0.25, -0.2) is 4.68 Å². The maximum atomic E-state index is 7.01. The molecule has 4 saturated heterocycles. The third kappa shape index (κ3) is 5.24. The Morgan fingerprint density at radius 2 is 1.86 bits per heavy atom. The minimum absolute atomic E-state index is 0.0608. The molecule has 4 aliphatic heterocycles. The number of aryl methyl sites for hydroxylation is 1. The summed E-state index contributed by atoms with van der Waals surface area (Å²) in [4.78, 5) is 7.76. The monoisotopic (exact) mass is 615 g/mol. The zero-order valence-corrected chi connectivity index (χ0v) is 26.6. The highest BCUT2D eigenvalue weighted by Crippen LogP contribution is 2.47. The number of nitrogens with zero attached hydrogens (tertiary/aromatic N) is 6. The van der Waals surface area contributed by atoms with Crippen LogP contribution >= 0.6 is 23.2 Å². The van der Waals surface area contributed by atoms with E-state index in [1.54, 1.807) is 0 Å². The maximum absolute atomic E-state index is 7.01. The van der Waals surface area contributed by atoms with Crippen LogP contribution in [0, 0.1) is 12.8 Å². The van der Waals surface area contributed by atoms with Crippen LogP contribution in [-0.2, 0) is 9.47 Å². The first-order chi connectivity index (χ1) is 20.3. The first-order valence-corrected chi connectivity index (χ1v) is 16.4. The van der Waals surface area contributed by atoms with Crippen molar-refractivity contribution in [3.05, 3.63) is 28.0 Å². The van der Waals surface area contributed by atoms with Gasteiger partial charge in [-0.1, -0.05) is 23.2 Å². The minimum Gasteiger partial charge on any atom is -0.378 e. The molecule has 0 aliphatic carbocycles. The predicted octanol–water partition coefficient (Wildman–Crippen LogP) is 5.75. The van der Waals surface area contributed by atoms with Gasteiger partial charge in [-0.15, -0.1) is 0 Å². The van der Waals surface area contributed by atoms with Crippen LogP contribution in [0.4, 0.5) is 5.82 Å². The van der Waals surface area contributed by atoms with E-state index in [0.717, 1.165) is 118 Å². The van der Waals surface area contributed by atoms with Crippen LogP contribution in [0.1, 0.15) is 57.9 Å². The van der Waals surface area contributed by atoms with Crippen molar-refractivity contribution in [3.8, 4) is 11.1 Å². The Morgan fingerprint density at radius 1 is 1.05 bits per heavy atom.